The molecule has 0 bridgehead atoms. The molecule has 0 saturated heterocycles. The summed E-state index contributed by atoms with van der Waals surface area (Å²) < 4.78 is 0.876. The minimum absolute atomic E-state index is 0. The van der Waals surface area contributed by atoms with Crippen LogP contribution in [0.3, 0.4) is 0 Å². The van der Waals surface area contributed by atoms with E-state index in [1.54, 1.807) is 0 Å². The summed E-state index contributed by atoms with van der Waals surface area (Å²) in [6.45, 7) is 2.18. The molecule has 4 heteroatoms. The first-order valence-electron chi connectivity index (χ1n) is 5.21. The quantitative estimate of drug-likeness (QED) is 0.698. The van der Waals surface area contributed by atoms with E-state index in [1.165, 1.54) is 5.56 Å². The number of halogens is 2. The van der Waals surface area contributed by atoms with Crippen LogP contribution in [-0.4, -0.2) is 36.8 Å². The van der Waals surface area contributed by atoms with E-state index in [9.17, 15) is 0 Å². The van der Waals surface area contributed by atoms with Crippen molar-refractivity contribution in [2.75, 3.05) is 27.2 Å². The van der Waals surface area contributed by atoms with Gasteiger partial charge in [-0.25, -0.2) is 0 Å². The molecule has 0 aromatic heterocycles. The molecule has 0 aliphatic heterocycles. The van der Waals surface area contributed by atoms with E-state index in [1.807, 2.05) is 18.2 Å². The fourth-order valence-electron chi connectivity index (χ4n) is 1.71. The summed E-state index contributed by atoms with van der Waals surface area (Å²) in [6.07, 6.45) is 0.841. The number of aliphatic hydroxyl groups excluding tert-OH is 1. The van der Waals surface area contributed by atoms with Crippen LogP contribution in [0.1, 0.15) is 12.0 Å². The molecular formula is C12H19Cl2NO. The van der Waals surface area contributed by atoms with E-state index in [0.29, 0.717) is 0 Å². The van der Waals surface area contributed by atoms with Gasteiger partial charge in [-0.05, 0) is 12.1 Å². The Balaban J connectivity index is 0.00000225. The number of rotatable bonds is 5. The van der Waals surface area contributed by atoms with Crippen molar-refractivity contribution < 1.29 is 22.0 Å². The lowest BCUT2D eigenvalue weighted by Gasteiger charge is -2.29. The van der Waals surface area contributed by atoms with E-state index in [4.69, 9.17) is 16.7 Å². The second-order valence-corrected chi connectivity index (χ2v) is 4.96. The van der Waals surface area contributed by atoms with Gasteiger partial charge in [0, 0.05) is 23.6 Å². The minimum atomic E-state index is 0. The molecule has 16 heavy (non-hydrogen) atoms. The lowest BCUT2D eigenvalue weighted by molar-refractivity contribution is -0.903. The van der Waals surface area contributed by atoms with Crippen LogP contribution < -0.4 is 12.4 Å². The lowest BCUT2D eigenvalue weighted by atomic mass is 10.2. The third-order valence-corrected chi connectivity index (χ3v) is 2.66. The monoisotopic (exact) mass is 263 g/mol. The topological polar surface area (TPSA) is 20.2 Å². The largest absolute Gasteiger partial charge is 1.00 e. The Morgan fingerprint density at radius 2 is 2.00 bits per heavy atom. The number of benzene rings is 1. The fraction of sp³-hybridized carbons (Fsp3) is 0.500. The van der Waals surface area contributed by atoms with E-state index in [2.05, 4.69) is 20.2 Å². The second kappa shape index (κ2) is 7.13. The Kier molecular flexibility index (Phi) is 7.00. The van der Waals surface area contributed by atoms with E-state index in [-0.39, 0.29) is 19.0 Å². The molecule has 0 spiro atoms. The van der Waals surface area contributed by atoms with E-state index < -0.39 is 0 Å². The molecular weight excluding hydrogens is 245 g/mol. The van der Waals surface area contributed by atoms with Crippen molar-refractivity contribution in [3.63, 3.8) is 0 Å². The van der Waals surface area contributed by atoms with Gasteiger partial charge in [0.2, 0.25) is 0 Å². The average molecular weight is 264 g/mol. The van der Waals surface area contributed by atoms with Crippen LogP contribution in [0.25, 0.3) is 0 Å². The number of hydrogen-bond donors (Lipinski definition) is 1. The summed E-state index contributed by atoms with van der Waals surface area (Å²) in [5.41, 5.74) is 1.24. The van der Waals surface area contributed by atoms with E-state index in [0.717, 1.165) is 29.0 Å². The molecule has 0 atom stereocenters. The summed E-state index contributed by atoms with van der Waals surface area (Å²) in [7, 11) is 4.33. The summed E-state index contributed by atoms with van der Waals surface area (Å²) in [6, 6.07) is 7.95. The summed E-state index contributed by atoms with van der Waals surface area (Å²) >= 11 is 5.93. The highest BCUT2D eigenvalue weighted by Gasteiger charge is 2.14. The zero-order chi connectivity index (χ0) is 11.3. The average Bonchev–Trinajstić information content (AvgIpc) is 2.14. The molecule has 2 nitrogen and oxygen atoms in total. The predicted molar refractivity (Wildman–Crippen MR) is 63.8 cm³/mol. The Morgan fingerprint density at radius 1 is 1.31 bits per heavy atom. The lowest BCUT2D eigenvalue weighted by Crippen LogP contribution is -3.00. The summed E-state index contributed by atoms with van der Waals surface area (Å²) in [5, 5.41) is 9.60. The van der Waals surface area contributed by atoms with Crippen LogP contribution in [0, 0.1) is 0 Å². The van der Waals surface area contributed by atoms with Gasteiger partial charge in [-0.1, -0.05) is 23.7 Å². The fourth-order valence-corrected chi connectivity index (χ4v) is 1.92. The molecule has 0 aliphatic rings. The van der Waals surface area contributed by atoms with Gasteiger partial charge < -0.3 is 22.0 Å². The van der Waals surface area contributed by atoms with Gasteiger partial charge in [-0.15, -0.1) is 0 Å². The normalized spacial score (nSPS) is 11.0. The van der Waals surface area contributed by atoms with Crippen LogP contribution >= 0.6 is 11.6 Å². The van der Waals surface area contributed by atoms with Crippen molar-refractivity contribution in [3.05, 3.63) is 34.9 Å². The van der Waals surface area contributed by atoms with Crippen molar-refractivity contribution >= 4 is 11.6 Å². The standard InChI is InChI=1S/C12H19ClNO.ClH/c1-14(2,7-4-8-15)10-11-5-3-6-12(13)9-11;/h3,5-6,9,15H,4,7-8,10H2,1-2H3;1H/q+1;/p-1. The Morgan fingerprint density at radius 3 is 2.56 bits per heavy atom. The Hall–Kier alpha value is -0.280. The maximum Gasteiger partial charge on any atom is 0.104 e. The molecule has 0 aliphatic carbocycles. The molecule has 92 valence electrons. The number of quaternary nitrogens is 1. The van der Waals surface area contributed by atoms with Crippen molar-refractivity contribution in [2.24, 2.45) is 0 Å². The van der Waals surface area contributed by atoms with Crippen LogP contribution in [-0.2, 0) is 6.54 Å². The molecule has 0 amide bonds. The highest BCUT2D eigenvalue weighted by Crippen LogP contribution is 2.15. The molecule has 1 rings (SSSR count). The molecule has 0 fully saturated rings. The van der Waals surface area contributed by atoms with Crippen LogP contribution in [0.5, 0.6) is 0 Å². The highest BCUT2D eigenvalue weighted by molar-refractivity contribution is 6.30. The first kappa shape index (κ1) is 15.7. The third-order valence-electron chi connectivity index (χ3n) is 2.42. The molecule has 1 aromatic carbocycles. The van der Waals surface area contributed by atoms with Crippen LogP contribution in [0.15, 0.2) is 24.3 Å². The van der Waals surface area contributed by atoms with Gasteiger partial charge in [0.25, 0.3) is 0 Å². The van der Waals surface area contributed by atoms with E-state index >= 15 is 0 Å². The van der Waals surface area contributed by atoms with Crippen molar-refractivity contribution in [1.29, 1.82) is 0 Å². The molecule has 1 aromatic rings. The molecule has 0 heterocycles. The first-order chi connectivity index (χ1) is 7.03. The molecule has 0 unspecified atom stereocenters. The van der Waals surface area contributed by atoms with Crippen LogP contribution in [0.4, 0.5) is 0 Å². The van der Waals surface area contributed by atoms with Gasteiger partial charge in [-0.3, -0.25) is 0 Å². The van der Waals surface area contributed by atoms with Gasteiger partial charge in [-0.2, -0.15) is 0 Å². The van der Waals surface area contributed by atoms with Gasteiger partial charge >= 0.3 is 0 Å². The smallest absolute Gasteiger partial charge is 0.104 e. The summed E-state index contributed by atoms with van der Waals surface area (Å²) in [4.78, 5) is 0. The maximum atomic E-state index is 8.81. The SMILES string of the molecule is C[N+](C)(CCCO)Cc1cccc(Cl)c1.[Cl-]. The van der Waals surface area contributed by atoms with Crippen LogP contribution in [0.2, 0.25) is 5.02 Å². The number of hydrogen-bond acceptors (Lipinski definition) is 1. The third kappa shape index (κ3) is 5.71. The van der Waals surface area contributed by atoms with Crippen molar-refractivity contribution in [2.45, 2.75) is 13.0 Å². The molecule has 0 saturated carbocycles. The molecule has 1 N–H and O–H groups in total. The zero-order valence-corrected chi connectivity index (χ0v) is 11.3. The Bertz CT molecular complexity index is 316. The van der Waals surface area contributed by atoms with Gasteiger partial charge in [0.1, 0.15) is 6.54 Å². The Labute approximate surface area is 109 Å². The first-order valence-corrected chi connectivity index (χ1v) is 5.58. The van der Waals surface area contributed by atoms with Gasteiger partial charge in [0.05, 0.1) is 20.6 Å². The van der Waals surface area contributed by atoms with Crippen molar-refractivity contribution in [1.82, 2.24) is 0 Å². The molecule has 0 radical (unpaired) electrons. The summed E-state index contributed by atoms with van der Waals surface area (Å²) in [5.74, 6) is 0. The predicted octanol–water partition coefficient (Wildman–Crippen LogP) is -0.697. The van der Waals surface area contributed by atoms with Gasteiger partial charge in [0.15, 0.2) is 0 Å². The number of aliphatic hydroxyl groups is 1. The second-order valence-electron chi connectivity index (χ2n) is 4.52. The maximum absolute atomic E-state index is 8.81. The highest BCUT2D eigenvalue weighted by atomic mass is 35.5. The number of nitrogens with zero attached hydrogens (tertiary/aromatic N) is 1. The minimum Gasteiger partial charge on any atom is -1.00 e. The van der Waals surface area contributed by atoms with Crippen molar-refractivity contribution in [3.8, 4) is 0 Å². The zero-order valence-electron chi connectivity index (χ0n) is 9.79.